The third-order valence-electron chi connectivity index (χ3n) is 3.53. The summed E-state index contributed by atoms with van der Waals surface area (Å²) >= 11 is 0. The summed E-state index contributed by atoms with van der Waals surface area (Å²) in [5.74, 6) is 0.00634. The summed E-state index contributed by atoms with van der Waals surface area (Å²) in [4.78, 5) is 25.2. The van der Waals surface area contributed by atoms with Crippen LogP contribution in [0.1, 0.15) is 31.5 Å². The predicted molar refractivity (Wildman–Crippen MR) is 65.6 cm³/mol. The molecule has 2 heterocycles. The van der Waals surface area contributed by atoms with E-state index in [2.05, 4.69) is 15.5 Å². The lowest BCUT2D eigenvalue weighted by Crippen LogP contribution is -2.35. The molecule has 1 saturated heterocycles. The number of imide groups is 1. The fraction of sp³-hybridized carbons (Fsp3) is 0.583. The van der Waals surface area contributed by atoms with E-state index in [0.29, 0.717) is 0 Å². The number of amides is 3. The Morgan fingerprint density at radius 3 is 2.78 bits per heavy atom. The van der Waals surface area contributed by atoms with Crippen molar-refractivity contribution in [2.24, 2.45) is 5.92 Å². The van der Waals surface area contributed by atoms with Crippen molar-refractivity contribution in [2.45, 2.75) is 39.8 Å². The fourth-order valence-corrected chi connectivity index (χ4v) is 2.02. The molecule has 0 saturated carbocycles. The van der Waals surface area contributed by atoms with Gasteiger partial charge in [0.15, 0.2) is 0 Å². The van der Waals surface area contributed by atoms with Crippen LogP contribution in [0.3, 0.4) is 0 Å². The molecule has 1 aliphatic heterocycles. The van der Waals surface area contributed by atoms with Crippen molar-refractivity contribution >= 4 is 11.9 Å². The first kappa shape index (κ1) is 12.6. The Morgan fingerprint density at radius 1 is 1.50 bits per heavy atom. The van der Waals surface area contributed by atoms with Crippen LogP contribution in [-0.4, -0.2) is 33.1 Å². The van der Waals surface area contributed by atoms with Crippen LogP contribution < -0.4 is 5.32 Å². The zero-order valence-corrected chi connectivity index (χ0v) is 10.9. The molecule has 3 amide bonds. The van der Waals surface area contributed by atoms with Crippen molar-refractivity contribution < 1.29 is 9.59 Å². The van der Waals surface area contributed by atoms with Crippen LogP contribution in [0.5, 0.6) is 0 Å². The van der Waals surface area contributed by atoms with Gasteiger partial charge < -0.3 is 5.32 Å². The highest BCUT2D eigenvalue weighted by atomic mass is 16.2. The zero-order valence-electron chi connectivity index (χ0n) is 10.9. The molecule has 2 N–H and O–H groups in total. The summed E-state index contributed by atoms with van der Waals surface area (Å²) in [6, 6.07) is -0.708. The summed E-state index contributed by atoms with van der Waals surface area (Å²) in [6.45, 7) is 6.12. The third kappa shape index (κ3) is 2.10. The molecular weight excluding hydrogens is 232 g/mol. The average molecular weight is 250 g/mol. The maximum Gasteiger partial charge on any atom is 0.325 e. The van der Waals surface area contributed by atoms with E-state index in [9.17, 15) is 9.59 Å². The van der Waals surface area contributed by atoms with Crippen molar-refractivity contribution in [1.82, 2.24) is 20.4 Å². The number of nitrogens with zero attached hydrogens (tertiary/aromatic N) is 2. The van der Waals surface area contributed by atoms with E-state index in [4.69, 9.17) is 0 Å². The van der Waals surface area contributed by atoms with E-state index < -0.39 is 6.04 Å². The number of aromatic nitrogens is 2. The molecule has 18 heavy (non-hydrogen) atoms. The molecule has 1 aliphatic rings. The number of carbonyl (C=O) groups is 2. The van der Waals surface area contributed by atoms with Gasteiger partial charge in [-0.15, -0.1) is 0 Å². The fourth-order valence-electron chi connectivity index (χ4n) is 2.02. The van der Waals surface area contributed by atoms with Gasteiger partial charge in [0, 0.05) is 11.3 Å². The lowest BCUT2D eigenvalue weighted by atomic mass is 9.99. The number of H-pyrrole nitrogens is 1. The van der Waals surface area contributed by atoms with E-state index in [1.807, 2.05) is 20.8 Å². The minimum absolute atomic E-state index is 0.144. The van der Waals surface area contributed by atoms with Crippen molar-refractivity contribution in [3.8, 4) is 0 Å². The maximum atomic E-state index is 12.2. The molecule has 6 nitrogen and oxygen atoms in total. The van der Waals surface area contributed by atoms with Crippen LogP contribution in [-0.2, 0) is 11.3 Å². The third-order valence-corrected chi connectivity index (χ3v) is 3.53. The molecular formula is C12H18N4O2. The Morgan fingerprint density at radius 2 is 2.22 bits per heavy atom. The van der Waals surface area contributed by atoms with Crippen LogP contribution >= 0.6 is 0 Å². The largest absolute Gasteiger partial charge is 0.326 e. The summed E-state index contributed by atoms with van der Waals surface area (Å²) in [5.41, 5.74) is 1.74. The minimum atomic E-state index is -0.394. The Hall–Kier alpha value is -1.85. The molecule has 0 aliphatic carbocycles. The van der Waals surface area contributed by atoms with Gasteiger partial charge in [-0.05, 0) is 12.8 Å². The number of rotatable bonds is 4. The number of urea groups is 1. The summed E-state index contributed by atoms with van der Waals surface area (Å²) in [6.07, 6.45) is 2.50. The molecule has 0 aromatic carbocycles. The first-order valence-corrected chi connectivity index (χ1v) is 6.15. The minimum Gasteiger partial charge on any atom is -0.326 e. The Balaban J connectivity index is 2.13. The molecule has 0 unspecified atom stereocenters. The normalized spacial score (nSPS) is 21.3. The molecule has 2 atom stereocenters. The molecule has 1 aromatic heterocycles. The van der Waals surface area contributed by atoms with Gasteiger partial charge in [-0.25, -0.2) is 4.79 Å². The maximum absolute atomic E-state index is 12.2. The second-order valence-corrected chi connectivity index (χ2v) is 4.76. The van der Waals surface area contributed by atoms with Crippen molar-refractivity contribution in [3.63, 3.8) is 0 Å². The standard InChI is InChI=1S/C12H18N4O2/c1-4-7(2)10-11(17)16(12(18)14-10)6-9-5-13-15-8(9)3/h5,7,10H,4,6H2,1-3H3,(H,13,15)(H,14,18)/t7-,10-/m0/s1. The van der Waals surface area contributed by atoms with Crippen LogP contribution in [0.15, 0.2) is 6.20 Å². The highest BCUT2D eigenvalue weighted by molar-refractivity contribution is 6.04. The van der Waals surface area contributed by atoms with E-state index >= 15 is 0 Å². The molecule has 0 spiro atoms. The number of aryl methyl sites for hydroxylation is 1. The molecule has 0 radical (unpaired) electrons. The highest BCUT2D eigenvalue weighted by Crippen LogP contribution is 2.19. The van der Waals surface area contributed by atoms with E-state index in [-0.39, 0.29) is 24.4 Å². The Bertz CT molecular complexity index is 468. The Kier molecular flexibility index (Phi) is 3.36. The van der Waals surface area contributed by atoms with Gasteiger partial charge >= 0.3 is 6.03 Å². The molecule has 6 heteroatoms. The Labute approximate surface area is 106 Å². The number of nitrogens with one attached hydrogen (secondary N) is 2. The molecule has 0 bridgehead atoms. The quantitative estimate of drug-likeness (QED) is 0.788. The molecule has 1 aromatic rings. The highest BCUT2D eigenvalue weighted by Gasteiger charge is 2.40. The lowest BCUT2D eigenvalue weighted by molar-refractivity contribution is -0.128. The van der Waals surface area contributed by atoms with Crippen LogP contribution in [0.4, 0.5) is 4.79 Å². The molecule has 2 rings (SSSR count). The topological polar surface area (TPSA) is 78.1 Å². The van der Waals surface area contributed by atoms with Gasteiger partial charge in [-0.2, -0.15) is 5.10 Å². The van der Waals surface area contributed by atoms with Crippen molar-refractivity contribution in [1.29, 1.82) is 0 Å². The monoisotopic (exact) mass is 250 g/mol. The summed E-state index contributed by atoms with van der Waals surface area (Å²) in [7, 11) is 0. The lowest BCUT2D eigenvalue weighted by Gasteiger charge is -2.15. The summed E-state index contributed by atoms with van der Waals surface area (Å²) in [5, 5.41) is 9.43. The average Bonchev–Trinajstić information content (AvgIpc) is 2.87. The van der Waals surface area contributed by atoms with Gasteiger partial charge in [0.1, 0.15) is 6.04 Å². The van der Waals surface area contributed by atoms with E-state index in [0.717, 1.165) is 17.7 Å². The van der Waals surface area contributed by atoms with Gasteiger partial charge in [0.2, 0.25) is 0 Å². The first-order chi connectivity index (χ1) is 8.54. The van der Waals surface area contributed by atoms with Crippen LogP contribution in [0.2, 0.25) is 0 Å². The first-order valence-electron chi connectivity index (χ1n) is 6.15. The molecule has 98 valence electrons. The van der Waals surface area contributed by atoms with Crippen molar-refractivity contribution in [3.05, 3.63) is 17.5 Å². The number of carbonyl (C=O) groups excluding carboxylic acids is 2. The van der Waals surface area contributed by atoms with E-state index in [1.165, 1.54) is 4.90 Å². The van der Waals surface area contributed by atoms with Crippen molar-refractivity contribution in [2.75, 3.05) is 0 Å². The van der Waals surface area contributed by atoms with Gasteiger partial charge in [0.25, 0.3) is 5.91 Å². The molecule has 1 fully saturated rings. The number of hydrogen-bond acceptors (Lipinski definition) is 3. The van der Waals surface area contributed by atoms with Gasteiger partial charge in [-0.3, -0.25) is 14.8 Å². The second kappa shape index (κ2) is 4.80. The van der Waals surface area contributed by atoms with Crippen LogP contribution in [0, 0.1) is 12.8 Å². The van der Waals surface area contributed by atoms with Gasteiger partial charge in [-0.1, -0.05) is 20.3 Å². The SMILES string of the molecule is CC[C@H](C)[C@@H]1NC(=O)N(Cc2cn[nH]c2C)C1=O. The van der Waals surface area contributed by atoms with Gasteiger partial charge in [0.05, 0.1) is 12.7 Å². The number of aromatic amines is 1. The second-order valence-electron chi connectivity index (χ2n) is 4.76. The zero-order chi connectivity index (χ0) is 13.3. The van der Waals surface area contributed by atoms with Crippen LogP contribution in [0.25, 0.3) is 0 Å². The number of hydrogen-bond donors (Lipinski definition) is 2. The predicted octanol–water partition coefficient (Wildman–Crippen LogP) is 1.18. The smallest absolute Gasteiger partial charge is 0.325 e. The summed E-state index contributed by atoms with van der Waals surface area (Å²) < 4.78 is 0. The van der Waals surface area contributed by atoms with E-state index in [1.54, 1.807) is 6.20 Å².